The van der Waals surface area contributed by atoms with E-state index in [0.717, 1.165) is 17.7 Å². The Hall–Kier alpha value is -2.54. The summed E-state index contributed by atoms with van der Waals surface area (Å²) >= 11 is 1.36. The average Bonchev–Trinajstić information content (AvgIpc) is 2.64. The van der Waals surface area contributed by atoms with E-state index in [9.17, 15) is 9.59 Å². The van der Waals surface area contributed by atoms with E-state index in [1.165, 1.54) is 11.8 Å². The Balaban J connectivity index is 1.94. The maximum Gasteiger partial charge on any atom is 0.257 e. The van der Waals surface area contributed by atoms with Crippen LogP contribution < -0.4 is 15.6 Å². The largest absolute Gasteiger partial charge is 0.494 e. The van der Waals surface area contributed by atoms with Crippen molar-refractivity contribution in [3.8, 4) is 5.75 Å². The molecule has 0 saturated carbocycles. The first-order chi connectivity index (χ1) is 12.6. The second-order valence-electron chi connectivity index (χ2n) is 5.96. The molecule has 1 aliphatic rings. The minimum Gasteiger partial charge on any atom is -0.494 e. The van der Waals surface area contributed by atoms with E-state index in [1.54, 1.807) is 6.08 Å². The van der Waals surface area contributed by atoms with Gasteiger partial charge in [0.15, 0.2) is 5.16 Å². The fourth-order valence-electron chi connectivity index (χ4n) is 2.86. The molecule has 6 nitrogen and oxygen atoms in total. The van der Waals surface area contributed by atoms with Crippen molar-refractivity contribution < 1.29 is 9.53 Å². The molecule has 0 unspecified atom stereocenters. The summed E-state index contributed by atoms with van der Waals surface area (Å²) in [6, 6.07) is 7.54. The number of nitrogens with zero attached hydrogens (tertiary/aromatic N) is 1. The smallest absolute Gasteiger partial charge is 0.257 e. The topological polar surface area (TPSA) is 84.1 Å². The molecule has 1 aromatic heterocycles. The summed E-state index contributed by atoms with van der Waals surface area (Å²) in [6.07, 6.45) is 2.88. The first-order valence-electron chi connectivity index (χ1n) is 8.53. The molecule has 0 fully saturated rings. The van der Waals surface area contributed by atoms with Gasteiger partial charge in [0.2, 0.25) is 5.91 Å². The van der Waals surface area contributed by atoms with Crippen LogP contribution in [-0.2, 0) is 4.79 Å². The maximum atomic E-state index is 12.6. The van der Waals surface area contributed by atoms with Crippen LogP contribution >= 0.6 is 11.8 Å². The zero-order valence-electron chi connectivity index (χ0n) is 14.6. The second-order valence-corrected chi connectivity index (χ2v) is 6.96. The number of benzene rings is 1. The summed E-state index contributed by atoms with van der Waals surface area (Å²) in [4.78, 5) is 32.0. The van der Waals surface area contributed by atoms with Gasteiger partial charge in [-0.05, 0) is 24.1 Å². The van der Waals surface area contributed by atoms with E-state index in [2.05, 4.69) is 21.9 Å². The van der Waals surface area contributed by atoms with Gasteiger partial charge >= 0.3 is 0 Å². The number of rotatable bonds is 7. The predicted molar refractivity (Wildman–Crippen MR) is 103 cm³/mol. The third-order valence-corrected chi connectivity index (χ3v) is 4.89. The van der Waals surface area contributed by atoms with Crippen LogP contribution in [0.15, 0.2) is 46.9 Å². The standard InChI is InChI=1S/C19H21N3O3S/c1-3-9-25-13-7-5-12(6-8-13)14-11-15(23)20-17-16(14)18(24)22-19(21-17)26-10-4-2/h4-8,14H,2-3,9-11H2,1H3,(H2,20,21,22,23,24)/t14-/m0/s1. The number of hydrogen-bond donors (Lipinski definition) is 2. The number of thioether (sulfide) groups is 1. The van der Waals surface area contributed by atoms with Crippen molar-refractivity contribution in [3.05, 3.63) is 58.4 Å². The number of H-pyrrole nitrogens is 1. The molecule has 136 valence electrons. The van der Waals surface area contributed by atoms with Gasteiger partial charge < -0.3 is 15.0 Å². The Kier molecular flexibility index (Phi) is 5.78. The highest BCUT2D eigenvalue weighted by molar-refractivity contribution is 7.99. The van der Waals surface area contributed by atoms with E-state index < -0.39 is 0 Å². The number of fused-ring (bicyclic) bond motifs is 1. The Morgan fingerprint density at radius 2 is 2.12 bits per heavy atom. The van der Waals surface area contributed by atoms with Crippen LogP contribution in [0.1, 0.15) is 36.8 Å². The SMILES string of the molecule is C=CCSc1nc2c(c(=O)[nH]1)[C@H](c1ccc(OCCC)cc1)CC(=O)N2. The molecular formula is C19H21N3O3S. The van der Waals surface area contributed by atoms with Gasteiger partial charge in [-0.3, -0.25) is 9.59 Å². The molecule has 1 aromatic carbocycles. The highest BCUT2D eigenvalue weighted by Crippen LogP contribution is 2.35. The van der Waals surface area contributed by atoms with E-state index >= 15 is 0 Å². The summed E-state index contributed by atoms with van der Waals surface area (Å²) in [5.74, 6) is 1.27. The molecule has 2 heterocycles. The Labute approximate surface area is 156 Å². The van der Waals surface area contributed by atoms with Gasteiger partial charge in [0.05, 0.1) is 12.2 Å². The van der Waals surface area contributed by atoms with Crippen LogP contribution in [0.3, 0.4) is 0 Å². The van der Waals surface area contributed by atoms with Crippen LogP contribution in [0, 0.1) is 0 Å². The van der Waals surface area contributed by atoms with E-state index in [0.29, 0.717) is 28.9 Å². The van der Waals surface area contributed by atoms with Crippen molar-refractivity contribution in [2.24, 2.45) is 0 Å². The van der Waals surface area contributed by atoms with Gasteiger partial charge in [0, 0.05) is 18.1 Å². The van der Waals surface area contributed by atoms with Crippen LogP contribution in [0.2, 0.25) is 0 Å². The molecule has 3 rings (SSSR count). The van der Waals surface area contributed by atoms with Gasteiger partial charge in [0.1, 0.15) is 11.6 Å². The summed E-state index contributed by atoms with van der Waals surface area (Å²) < 4.78 is 5.59. The lowest BCUT2D eigenvalue weighted by atomic mass is 9.87. The van der Waals surface area contributed by atoms with E-state index in [-0.39, 0.29) is 23.8 Å². The Bertz CT molecular complexity index is 861. The molecule has 0 saturated heterocycles. The number of ether oxygens (including phenoxy) is 1. The normalized spacial score (nSPS) is 15.9. The van der Waals surface area contributed by atoms with Gasteiger partial charge in [-0.15, -0.1) is 6.58 Å². The van der Waals surface area contributed by atoms with Gasteiger partial charge in [-0.2, -0.15) is 0 Å². The highest BCUT2D eigenvalue weighted by atomic mass is 32.2. The van der Waals surface area contributed by atoms with Crippen LogP contribution in [0.25, 0.3) is 0 Å². The summed E-state index contributed by atoms with van der Waals surface area (Å²) in [7, 11) is 0. The molecule has 0 aliphatic carbocycles. The van der Waals surface area contributed by atoms with Crippen molar-refractivity contribution in [2.75, 3.05) is 17.7 Å². The third kappa shape index (κ3) is 3.99. The molecular weight excluding hydrogens is 350 g/mol. The number of aromatic amines is 1. The van der Waals surface area contributed by atoms with E-state index in [1.807, 2.05) is 31.2 Å². The molecule has 0 spiro atoms. The van der Waals surface area contributed by atoms with Crippen molar-refractivity contribution >= 4 is 23.5 Å². The van der Waals surface area contributed by atoms with Crippen LogP contribution in [0.4, 0.5) is 5.82 Å². The molecule has 26 heavy (non-hydrogen) atoms. The summed E-state index contributed by atoms with van der Waals surface area (Å²) in [6.45, 7) is 6.36. The number of carbonyl (C=O) groups excluding carboxylic acids is 1. The zero-order valence-corrected chi connectivity index (χ0v) is 15.4. The molecule has 1 amide bonds. The van der Waals surface area contributed by atoms with Gasteiger partial charge in [-0.25, -0.2) is 4.98 Å². The lowest BCUT2D eigenvalue weighted by Gasteiger charge is -2.24. The number of nitrogens with one attached hydrogen (secondary N) is 2. The van der Waals surface area contributed by atoms with Crippen molar-refractivity contribution in [1.29, 1.82) is 0 Å². The fourth-order valence-corrected chi connectivity index (χ4v) is 3.45. The molecule has 0 bridgehead atoms. The molecule has 0 radical (unpaired) electrons. The lowest BCUT2D eigenvalue weighted by Crippen LogP contribution is -2.31. The van der Waals surface area contributed by atoms with Crippen molar-refractivity contribution in [1.82, 2.24) is 9.97 Å². The molecule has 2 aromatic rings. The fraction of sp³-hybridized carbons (Fsp3) is 0.316. The van der Waals surface area contributed by atoms with Gasteiger partial charge in [-0.1, -0.05) is 36.9 Å². The van der Waals surface area contributed by atoms with E-state index in [4.69, 9.17) is 4.74 Å². The number of amides is 1. The summed E-state index contributed by atoms with van der Waals surface area (Å²) in [5, 5.41) is 3.19. The third-order valence-electron chi connectivity index (χ3n) is 4.02. The zero-order chi connectivity index (χ0) is 18.5. The first kappa shape index (κ1) is 18.3. The second kappa shape index (κ2) is 8.23. The Morgan fingerprint density at radius 3 is 2.81 bits per heavy atom. The predicted octanol–water partition coefficient (Wildman–Crippen LogP) is 3.31. The monoisotopic (exact) mass is 371 g/mol. The number of carbonyl (C=O) groups is 1. The number of hydrogen-bond acceptors (Lipinski definition) is 5. The summed E-state index contributed by atoms with van der Waals surface area (Å²) in [5.41, 5.74) is 1.16. The number of aromatic nitrogens is 2. The highest BCUT2D eigenvalue weighted by Gasteiger charge is 2.30. The first-order valence-corrected chi connectivity index (χ1v) is 9.51. The number of anilines is 1. The van der Waals surface area contributed by atoms with Gasteiger partial charge in [0.25, 0.3) is 5.56 Å². The quantitative estimate of drug-likeness (QED) is 0.443. The average molecular weight is 371 g/mol. The Morgan fingerprint density at radius 1 is 1.35 bits per heavy atom. The molecule has 7 heteroatoms. The van der Waals surface area contributed by atoms with Crippen molar-refractivity contribution in [2.45, 2.75) is 30.8 Å². The van der Waals surface area contributed by atoms with Crippen LogP contribution in [-0.4, -0.2) is 28.2 Å². The lowest BCUT2D eigenvalue weighted by molar-refractivity contribution is -0.116. The minimum absolute atomic E-state index is 0.147. The maximum absolute atomic E-state index is 12.6. The van der Waals surface area contributed by atoms with Crippen molar-refractivity contribution in [3.63, 3.8) is 0 Å². The van der Waals surface area contributed by atoms with Crippen LogP contribution in [0.5, 0.6) is 5.75 Å². The minimum atomic E-state index is -0.325. The molecule has 1 atom stereocenters. The molecule has 2 N–H and O–H groups in total. The molecule has 1 aliphatic heterocycles.